The first-order valence-electron chi connectivity index (χ1n) is 7.24. The molecule has 0 saturated heterocycles. The smallest absolute Gasteiger partial charge is 0.432 e. The van der Waals surface area contributed by atoms with Crippen molar-refractivity contribution in [3.63, 3.8) is 0 Å². The predicted molar refractivity (Wildman–Crippen MR) is 85.5 cm³/mol. The van der Waals surface area contributed by atoms with Gasteiger partial charge in [0.2, 0.25) is 0 Å². The number of rotatable bonds is 7. The molecule has 1 aromatic carbocycles. The molecule has 136 valence electrons. The third-order valence-electron chi connectivity index (χ3n) is 3.50. The van der Waals surface area contributed by atoms with E-state index in [4.69, 9.17) is 9.47 Å². The average molecular weight is 356 g/mol. The molecule has 0 N–H and O–H groups in total. The van der Waals surface area contributed by atoms with Gasteiger partial charge in [0.05, 0.1) is 0 Å². The fraction of sp³-hybridized carbons (Fsp3) is 0.389. The Kier molecular flexibility index (Phi) is 7.22. The average Bonchev–Trinajstić information content (AvgIpc) is 2.57. The zero-order chi connectivity index (χ0) is 19.1. The highest BCUT2D eigenvalue weighted by Gasteiger charge is 2.64. The van der Waals surface area contributed by atoms with Gasteiger partial charge in [-0.3, -0.25) is 0 Å². The van der Waals surface area contributed by atoms with E-state index in [0.717, 1.165) is 19.2 Å². The van der Waals surface area contributed by atoms with Crippen LogP contribution in [0.4, 0.5) is 13.2 Å². The van der Waals surface area contributed by atoms with Crippen LogP contribution in [0.5, 0.6) is 0 Å². The maximum atomic E-state index is 13.8. The largest absolute Gasteiger partial charge is 0.443 e. The summed E-state index contributed by atoms with van der Waals surface area (Å²) in [6.07, 6.45) is -5.93. The molecule has 0 radical (unpaired) electrons. The van der Waals surface area contributed by atoms with Crippen LogP contribution in [0, 0.1) is 11.8 Å². The topological polar surface area (TPSA) is 44.8 Å². The Morgan fingerprint density at radius 2 is 1.84 bits per heavy atom. The fourth-order valence-corrected chi connectivity index (χ4v) is 2.25. The second kappa shape index (κ2) is 8.70. The SMILES string of the molecule is C=C[C@H](OC)[C@@H](C#CC)OC(=O)C(OC)(c1ccccc1)C(F)(F)F. The maximum absolute atomic E-state index is 13.8. The normalized spacial score (nSPS) is 15.9. The molecule has 25 heavy (non-hydrogen) atoms. The van der Waals surface area contributed by atoms with Crippen molar-refractivity contribution in [2.75, 3.05) is 14.2 Å². The number of hydrogen-bond donors (Lipinski definition) is 0. The van der Waals surface area contributed by atoms with Crippen molar-refractivity contribution in [3.05, 3.63) is 48.6 Å². The summed E-state index contributed by atoms with van der Waals surface area (Å²) in [6, 6.07) is 6.54. The van der Waals surface area contributed by atoms with Crippen molar-refractivity contribution in [2.45, 2.75) is 30.9 Å². The third-order valence-corrected chi connectivity index (χ3v) is 3.50. The number of hydrogen-bond acceptors (Lipinski definition) is 4. The van der Waals surface area contributed by atoms with Crippen molar-refractivity contribution >= 4 is 5.97 Å². The van der Waals surface area contributed by atoms with E-state index in [0.29, 0.717) is 0 Å². The van der Waals surface area contributed by atoms with E-state index < -0.39 is 35.5 Å². The number of carbonyl (C=O) groups excluding carboxylic acids is 1. The minimum Gasteiger partial charge on any atom is -0.443 e. The molecule has 4 nitrogen and oxygen atoms in total. The molecule has 1 rings (SSSR count). The van der Waals surface area contributed by atoms with Gasteiger partial charge >= 0.3 is 12.1 Å². The predicted octanol–water partition coefficient (Wildman–Crippen LogP) is 3.23. The van der Waals surface area contributed by atoms with Crippen LogP contribution < -0.4 is 0 Å². The van der Waals surface area contributed by atoms with Gasteiger partial charge in [0, 0.05) is 19.8 Å². The number of alkyl halides is 3. The first-order chi connectivity index (χ1) is 11.8. The Morgan fingerprint density at radius 1 is 1.24 bits per heavy atom. The lowest BCUT2D eigenvalue weighted by atomic mass is 9.92. The standard InChI is InChI=1S/C18H19F3O4/c1-5-10-15(14(6-2)23-3)25-16(22)17(24-4,18(19,20)21)13-11-8-7-9-12-13/h6-9,11-12,14-15H,2H2,1,3-4H3/t14-,15+,17?/m0/s1. The summed E-state index contributed by atoms with van der Waals surface area (Å²) in [5, 5.41) is 0. The summed E-state index contributed by atoms with van der Waals surface area (Å²) in [6.45, 7) is 4.95. The Bertz CT molecular complexity index is 646. The van der Waals surface area contributed by atoms with E-state index in [9.17, 15) is 18.0 Å². The summed E-state index contributed by atoms with van der Waals surface area (Å²) in [4.78, 5) is 12.5. The summed E-state index contributed by atoms with van der Waals surface area (Å²) in [7, 11) is 2.10. The first kappa shape index (κ1) is 20.7. The number of benzene rings is 1. The zero-order valence-corrected chi connectivity index (χ0v) is 14.1. The van der Waals surface area contributed by atoms with Gasteiger partial charge in [-0.1, -0.05) is 42.3 Å². The Morgan fingerprint density at radius 3 is 2.24 bits per heavy atom. The fourth-order valence-electron chi connectivity index (χ4n) is 2.25. The van der Waals surface area contributed by atoms with Crippen LogP contribution in [0.15, 0.2) is 43.0 Å². The lowest BCUT2D eigenvalue weighted by molar-refractivity contribution is -0.278. The van der Waals surface area contributed by atoms with Gasteiger partial charge in [0.1, 0.15) is 6.10 Å². The van der Waals surface area contributed by atoms with Gasteiger partial charge in [0.25, 0.3) is 5.60 Å². The lowest BCUT2D eigenvalue weighted by Gasteiger charge is -2.33. The number of ether oxygens (including phenoxy) is 3. The zero-order valence-electron chi connectivity index (χ0n) is 14.1. The van der Waals surface area contributed by atoms with Crippen LogP contribution in [0.25, 0.3) is 0 Å². The molecule has 0 aliphatic rings. The van der Waals surface area contributed by atoms with E-state index >= 15 is 0 Å². The van der Waals surface area contributed by atoms with Crippen molar-refractivity contribution in [3.8, 4) is 11.8 Å². The highest BCUT2D eigenvalue weighted by atomic mass is 19.4. The van der Waals surface area contributed by atoms with Gasteiger partial charge in [-0.15, -0.1) is 12.5 Å². The van der Waals surface area contributed by atoms with Crippen LogP contribution in [0.1, 0.15) is 12.5 Å². The minimum atomic E-state index is -5.05. The lowest BCUT2D eigenvalue weighted by Crippen LogP contribution is -2.53. The number of halogens is 3. The highest BCUT2D eigenvalue weighted by Crippen LogP contribution is 2.43. The number of methoxy groups -OCH3 is 2. The summed E-state index contributed by atoms with van der Waals surface area (Å²) >= 11 is 0. The van der Waals surface area contributed by atoms with Crippen molar-refractivity contribution in [1.29, 1.82) is 0 Å². The second-order valence-corrected chi connectivity index (χ2v) is 4.91. The first-order valence-corrected chi connectivity index (χ1v) is 7.24. The van der Waals surface area contributed by atoms with Crippen molar-refractivity contribution in [1.82, 2.24) is 0 Å². The quantitative estimate of drug-likeness (QED) is 0.427. The monoisotopic (exact) mass is 356 g/mol. The van der Waals surface area contributed by atoms with Gasteiger partial charge in [0.15, 0.2) is 6.10 Å². The molecule has 0 saturated carbocycles. The van der Waals surface area contributed by atoms with Gasteiger partial charge in [-0.05, 0) is 6.92 Å². The maximum Gasteiger partial charge on any atom is 0.432 e. The molecule has 0 fully saturated rings. The van der Waals surface area contributed by atoms with Gasteiger partial charge < -0.3 is 14.2 Å². The van der Waals surface area contributed by atoms with Crippen LogP contribution in [0.2, 0.25) is 0 Å². The molecule has 1 unspecified atom stereocenters. The molecule has 0 bridgehead atoms. The van der Waals surface area contributed by atoms with E-state index in [1.807, 2.05) is 0 Å². The van der Waals surface area contributed by atoms with Gasteiger partial charge in [-0.2, -0.15) is 13.2 Å². The molecule has 0 amide bonds. The van der Waals surface area contributed by atoms with Crippen LogP contribution in [-0.2, 0) is 24.6 Å². The van der Waals surface area contributed by atoms with E-state index in [2.05, 4.69) is 23.2 Å². The van der Waals surface area contributed by atoms with Crippen LogP contribution in [0.3, 0.4) is 0 Å². The molecule has 1 aromatic rings. The molecular formula is C18H19F3O4. The van der Waals surface area contributed by atoms with E-state index in [1.54, 1.807) is 0 Å². The van der Waals surface area contributed by atoms with Crippen molar-refractivity contribution in [2.24, 2.45) is 0 Å². The molecule has 0 heterocycles. The molecule has 7 heteroatoms. The molecule has 3 atom stereocenters. The second-order valence-electron chi connectivity index (χ2n) is 4.91. The Hall–Kier alpha value is -2.30. The minimum absolute atomic E-state index is 0.397. The van der Waals surface area contributed by atoms with E-state index in [1.165, 1.54) is 38.3 Å². The van der Waals surface area contributed by atoms with Crippen LogP contribution in [-0.4, -0.2) is 38.6 Å². The molecule has 0 aliphatic carbocycles. The summed E-state index contributed by atoms with van der Waals surface area (Å²) < 4.78 is 56.1. The molecule has 0 aromatic heterocycles. The Balaban J connectivity index is 3.37. The molecule has 0 spiro atoms. The number of carbonyl (C=O) groups is 1. The van der Waals surface area contributed by atoms with Crippen LogP contribution >= 0.6 is 0 Å². The third kappa shape index (κ3) is 4.21. The summed E-state index contributed by atoms with van der Waals surface area (Å²) in [5.74, 6) is 3.36. The molecule has 0 aliphatic heterocycles. The Labute approximate surface area is 144 Å². The van der Waals surface area contributed by atoms with Crippen molar-refractivity contribution < 1.29 is 32.2 Å². The highest BCUT2D eigenvalue weighted by molar-refractivity contribution is 5.83. The summed E-state index contributed by atoms with van der Waals surface area (Å²) in [5.41, 5.74) is -3.67. The van der Waals surface area contributed by atoms with E-state index in [-0.39, 0.29) is 0 Å². The number of esters is 1. The molecular weight excluding hydrogens is 337 g/mol. The van der Waals surface area contributed by atoms with Gasteiger partial charge in [-0.25, -0.2) is 4.79 Å².